The number of hydrogen-bond donors (Lipinski definition) is 1. The second-order valence-corrected chi connectivity index (χ2v) is 5.70. The van der Waals surface area contributed by atoms with Crippen LogP contribution in [-0.4, -0.2) is 23.9 Å². The minimum Gasteiger partial charge on any atom is -0.325 e. The number of carbonyl (C=O) groups excluding carboxylic acids is 1. The first-order chi connectivity index (χ1) is 11.0. The molecule has 2 aromatic rings. The molecular formula is C19H21N3O. The highest BCUT2D eigenvalue weighted by molar-refractivity contribution is 5.94. The largest absolute Gasteiger partial charge is 0.325 e. The first kappa shape index (κ1) is 16.7. The number of carbonyl (C=O) groups is 1. The van der Waals surface area contributed by atoms with Gasteiger partial charge in [0.1, 0.15) is 0 Å². The molecule has 0 unspecified atom stereocenters. The highest BCUT2D eigenvalue weighted by atomic mass is 16.2. The van der Waals surface area contributed by atoms with Crippen LogP contribution in [0.1, 0.15) is 23.6 Å². The molecule has 4 heteroatoms. The maximum Gasteiger partial charge on any atom is 0.241 e. The van der Waals surface area contributed by atoms with Crippen LogP contribution in [0.25, 0.3) is 0 Å². The molecule has 0 aliphatic carbocycles. The van der Waals surface area contributed by atoms with E-state index in [4.69, 9.17) is 5.26 Å². The van der Waals surface area contributed by atoms with Crippen molar-refractivity contribution in [2.45, 2.75) is 26.4 Å². The van der Waals surface area contributed by atoms with Crippen molar-refractivity contribution >= 4 is 11.6 Å². The van der Waals surface area contributed by atoms with E-state index in [-0.39, 0.29) is 11.9 Å². The monoisotopic (exact) mass is 307 g/mol. The van der Waals surface area contributed by atoms with Crippen LogP contribution < -0.4 is 5.32 Å². The average Bonchev–Trinajstić information content (AvgIpc) is 2.56. The highest BCUT2D eigenvalue weighted by Gasteiger charge is 2.18. The molecule has 23 heavy (non-hydrogen) atoms. The van der Waals surface area contributed by atoms with Crippen LogP contribution in [0.3, 0.4) is 0 Å². The lowest BCUT2D eigenvalue weighted by Gasteiger charge is -2.24. The van der Waals surface area contributed by atoms with Crippen LogP contribution in [0.2, 0.25) is 0 Å². The molecule has 0 saturated heterocycles. The summed E-state index contributed by atoms with van der Waals surface area (Å²) in [6.45, 7) is 4.68. The Balaban J connectivity index is 1.98. The second kappa shape index (κ2) is 7.57. The Kier molecular flexibility index (Phi) is 5.51. The van der Waals surface area contributed by atoms with Crippen molar-refractivity contribution in [2.24, 2.45) is 0 Å². The van der Waals surface area contributed by atoms with Crippen LogP contribution in [0.15, 0.2) is 48.5 Å². The van der Waals surface area contributed by atoms with E-state index in [0.29, 0.717) is 17.8 Å². The van der Waals surface area contributed by atoms with Gasteiger partial charge in [0.05, 0.1) is 17.7 Å². The van der Waals surface area contributed by atoms with Gasteiger partial charge in [0.15, 0.2) is 0 Å². The number of nitrogens with one attached hydrogen (secondary N) is 1. The van der Waals surface area contributed by atoms with E-state index in [9.17, 15) is 4.79 Å². The van der Waals surface area contributed by atoms with Gasteiger partial charge < -0.3 is 5.32 Å². The number of nitrogens with zero attached hydrogens (tertiary/aromatic N) is 2. The number of likely N-dealkylation sites (N-methyl/N-ethyl adjacent to an activating group) is 1. The van der Waals surface area contributed by atoms with Gasteiger partial charge in [0, 0.05) is 12.2 Å². The molecule has 0 aliphatic rings. The summed E-state index contributed by atoms with van der Waals surface area (Å²) >= 11 is 0. The van der Waals surface area contributed by atoms with Gasteiger partial charge in [-0.25, -0.2) is 0 Å². The Morgan fingerprint density at radius 2 is 1.87 bits per heavy atom. The number of benzene rings is 2. The summed E-state index contributed by atoms with van der Waals surface area (Å²) in [5.74, 6) is -0.0641. The Hall–Kier alpha value is -2.64. The van der Waals surface area contributed by atoms with Gasteiger partial charge in [-0.3, -0.25) is 9.69 Å². The van der Waals surface area contributed by atoms with Gasteiger partial charge in [0.25, 0.3) is 0 Å². The highest BCUT2D eigenvalue weighted by Crippen LogP contribution is 2.13. The lowest BCUT2D eigenvalue weighted by molar-refractivity contribution is -0.120. The summed E-state index contributed by atoms with van der Waals surface area (Å²) in [5, 5.41) is 11.7. The smallest absolute Gasteiger partial charge is 0.241 e. The Labute approximate surface area is 137 Å². The van der Waals surface area contributed by atoms with Crippen molar-refractivity contribution in [1.29, 1.82) is 5.26 Å². The van der Waals surface area contributed by atoms with Gasteiger partial charge >= 0.3 is 0 Å². The molecule has 0 fully saturated rings. The molecule has 0 radical (unpaired) electrons. The molecule has 0 heterocycles. The van der Waals surface area contributed by atoms with E-state index < -0.39 is 0 Å². The van der Waals surface area contributed by atoms with Gasteiger partial charge in [-0.2, -0.15) is 5.26 Å². The van der Waals surface area contributed by atoms with Crippen LogP contribution >= 0.6 is 0 Å². The fourth-order valence-corrected chi connectivity index (χ4v) is 2.27. The number of hydrogen-bond acceptors (Lipinski definition) is 3. The zero-order chi connectivity index (χ0) is 16.8. The summed E-state index contributed by atoms with van der Waals surface area (Å²) in [6, 6.07) is 16.8. The molecule has 0 spiro atoms. The summed E-state index contributed by atoms with van der Waals surface area (Å²) < 4.78 is 0. The van der Waals surface area contributed by atoms with Crippen LogP contribution in [0.5, 0.6) is 0 Å². The van der Waals surface area contributed by atoms with Gasteiger partial charge in [-0.1, -0.05) is 24.3 Å². The average molecular weight is 307 g/mol. The zero-order valence-corrected chi connectivity index (χ0v) is 13.7. The van der Waals surface area contributed by atoms with Crippen molar-refractivity contribution in [3.8, 4) is 6.07 Å². The Morgan fingerprint density at radius 3 is 2.48 bits per heavy atom. The molecule has 1 atom stereocenters. The molecule has 0 bridgehead atoms. The quantitative estimate of drug-likeness (QED) is 0.922. The predicted octanol–water partition coefficient (Wildman–Crippen LogP) is 3.33. The molecule has 0 saturated carbocycles. The summed E-state index contributed by atoms with van der Waals surface area (Å²) in [6.07, 6.45) is 0. The summed E-state index contributed by atoms with van der Waals surface area (Å²) in [4.78, 5) is 14.4. The third kappa shape index (κ3) is 4.41. The maximum absolute atomic E-state index is 12.4. The molecule has 2 rings (SSSR count). The van der Waals surface area contributed by atoms with Gasteiger partial charge in [-0.05, 0) is 56.3 Å². The standard InChI is InChI=1S/C19H21N3O/c1-14-6-4-5-7-17(14)13-22(3)15(2)19(23)21-18-10-8-16(12-20)9-11-18/h4-11,15H,13H2,1-3H3,(H,21,23)/t15-/m1/s1. The number of aryl methyl sites for hydroxylation is 1. The molecular weight excluding hydrogens is 286 g/mol. The predicted molar refractivity (Wildman–Crippen MR) is 91.9 cm³/mol. The van der Waals surface area contributed by atoms with Gasteiger partial charge in [-0.15, -0.1) is 0 Å². The van der Waals surface area contributed by atoms with E-state index in [1.165, 1.54) is 11.1 Å². The minimum atomic E-state index is -0.259. The zero-order valence-electron chi connectivity index (χ0n) is 13.7. The normalized spacial score (nSPS) is 11.8. The molecule has 4 nitrogen and oxygen atoms in total. The van der Waals surface area contributed by atoms with Crippen molar-refractivity contribution in [1.82, 2.24) is 4.90 Å². The van der Waals surface area contributed by atoms with Crippen LogP contribution in [-0.2, 0) is 11.3 Å². The van der Waals surface area contributed by atoms with E-state index >= 15 is 0 Å². The van der Waals surface area contributed by atoms with E-state index in [1.807, 2.05) is 31.0 Å². The first-order valence-electron chi connectivity index (χ1n) is 7.57. The molecule has 0 aliphatic heterocycles. The number of anilines is 1. The third-order valence-electron chi connectivity index (χ3n) is 4.00. The fraction of sp³-hybridized carbons (Fsp3) is 0.263. The molecule has 118 valence electrons. The molecule has 1 N–H and O–H groups in total. The molecule has 1 amide bonds. The number of rotatable bonds is 5. The Bertz CT molecular complexity index is 716. The summed E-state index contributed by atoms with van der Waals surface area (Å²) in [7, 11) is 1.94. The topological polar surface area (TPSA) is 56.1 Å². The van der Waals surface area contributed by atoms with Crippen molar-refractivity contribution in [3.63, 3.8) is 0 Å². The van der Waals surface area contributed by atoms with E-state index in [2.05, 4.69) is 30.4 Å². The fourth-order valence-electron chi connectivity index (χ4n) is 2.27. The van der Waals surface area contributed by atoms with Crippen LogP contribution in [0.4, 0.5) is 5.69 Å². The van der Waals surface area contributed by atoms with Crippen molar-refractivity contribution in [3.05, 3.63) is 65.2 Å². The van der Waals surface area contributed by atoms with Crippen LogP contribution in [0, 0.1) is 18.3 Å². The summed E-state index contributed by atoms with van der Waals surface area (Å²) in [5.41, 5.74) is 3.71. The first-order valence-corrected chi connectivity index (χ1v) is 7.57. The third-order valence-corrected chi connectivity index (χ3v) is 4.00. The van der Waals surface area contributed by atoms with Crippen molar-refractivity contribution in [2.75, 3.05) is 12.4 Å². The number of amides is 1. The lowest BCUT2D eigenvalue weighted by Crippen LogP contribution is -2.39. The lowest BCUT2D eigenvalue weighted by atomic mass is 10.1. The van der Waals surface area contributed by atoms with E-state index in [1.54, 1.807) is 24.3 Å². The maximum atomic E-state index is 12.4. The molecule has 0 aromatic heterocycles. The molecule has 2 aromatic carbocycles. The minimum absolute atomic E-state index is 0.0641. The number of nitriles is 1. The SMILES string of the molecule is Cc1ccccc1CN(C)[C@H](C)C(=O)Nc1ccc(C#N)cc1. The van der Waals surface area contributed by atoms with Gasteiger partial charge in [0.2, 0.25) is 5.91 Å². The Morgan fingerprint density at radius 1 is 1.22 bits per heavy atom. The second-order valence-electron chi connectivity index (χ2n) is 5.70. The van der Waals surface area contributed by atoms with Crippen molar-refractivity contribution < 1.29 is 4.79 Å². The van der Waals surface area contributed by atoms with E-state index in [0.717, 1.165) is 0 Å².